The number of nitrogens with zero attached hydrogens (tertiary/aromatic N) is 3. The first kappa shape index (κ1) is 26.3. The van der Waals surface area contributed by atoms with Gasteiger partial charge in [0, 0.05) is 24.2 Å². The number of para-hydroxylation sites is 1. The molecule has 3 N–H and O–H groups in total. The number of carbonyl (C=O) groups excluding carboxylic acids is 2. The molecule has 0 saturated heterocycles. The maximum absolute atomic E-state index is 13.2. The fraction of sp³-hybridized carbons (Fsp3) is 0.143. The van der Waals surface area contributed by atoms with Crippen LogP contribution in [-0.4, -0.2) is 47.2 Å². The molecular formula is C28H27N5O5. The van der Waals surface area contributed by atoms with Crippen LogP contribution < -0.4 is 25.2 Å². The summed E-state index contributed by atoms with van der Waals surface area (Å²) >= 11 is 0. The molecule has 2 heterocycles. The maximum Gasteiger partial charge on any atom is 0.277 e. The molecule has 10 heteroatoms. The minimum Gasteiger partial charge on any atom is -0.497 e. The number of allylic oxidation sites excluding steroid dienone is 1. The number of aromatic nitrogens is 2. The van der Waals surface area contributed by atoms with E-state index in [-0.39, 0.29) is 24.5 Å². The van der Waals surface area contributed by atoms with Gasteiger partial charge in [0.2, 0.25) is 0 Å². The number of benzene rings is 2. The van der Waals surface area contributed by atoms with Crippen molar-refractivity contribution in [1.29, 1.82) is 0 Å². The molecule has 4 aromatic rings. The van der Waals surface area contributed by atoms with E-state index in [2.05, 4.69) is 20.7 Å². The number of hydrogen-bond donors (Lipinski definition) is 3. The smallest absolute Gasteiger partial charge is 0.277 e. The summed E-state index contributed by atoms with van der Waals surface area (Å²) in [6.45, 7) is 1.54. The molecule has 0 spiro atoms. The van der Waals surface area contributed by atoms with Gasteiger partial charge in [-0.1, -0.05) is 24.3 Å². The summed E-state index contributed by atoms with van der Waals surface area (Å²) in [4.78, 5) is 34.8. The van der Waals surface area contributed by atoms with Gasteiger partial charge in [0.1, 0.15) is 28.6 Å². The number of rotatable bonds is 10. The van der Waals surface area contributed by atoms with Crippen molar-refractivity contribution in [3.63, 3.8) is 0 Å². The Kier molecular flexibility index (Phi) is 8.60. The molecule has 38 heavy (non-hydrogen) atoms. The van der Waals surface area contributed by atoms with E-state index in [1.54, 1.807) is 62.7 Å². The molecule has 0 aliphatic rings. The van der Waals surface area contributed by atoms with Crippen LogP contribution in [0.25, 0.3) is 10.9 Å². The Hall–Kier alpha value is -4.80. The summed E-state index contributed by atoms with van der Waals surface area (Å²) in [5, 5.41) is 13.9. The van der Waals surface area contributed by atoms with Gasteiger partial charge in [-0.2, -0.15) is 0 Å². The minimum absolute atomic E-state index is 0.0971. The first-order valence-electron chi connectivity index (χ1n) is 11.8. The van der Waals surface area contributed by atoms with Crippen LogP contribution in [0.5, 0.6) is 17.2 Å². The van der Waals surface area contributed by atoms with Crippen molar-refractivity contribution in [1.82, 2.24) is 15.4 Å². The Balaban J connectivity index is 1.46. The van der Waals surface area contributed by atoms with Gasteiger partial charge in [0.25, 0.3) is 11.8 Å². The third-order valence-electron chi connectivity index (χ3n) is 5.48. The molecule has 0 fully saturated rings. The molecule has 0 saturated carbocycles. The van der Waals surface area contributed by atoms with Crippen molar-refractivity contribution in [2.75, 3.05) is 30.6 Å². The first-order chi connectivity index (χ1) is 18.5. The number of carbonyl (C=O) groups is 2. The number of methoxy groups -OCH3 is 1. The Labute approximate surface area is 219 Å². The van der Waals surface area contributed by atoms with Crippen LogP contribution in [0.3, 0.4) is 0 Å². The van der Waals surface area contributed by atoms with Gasteiger partial charge in [-0.25, -0.2) is 15.4 Å². The number of amides is 2. The lowest BCUT2D eigenvalue weighted by molar-refractivity contribution is -0.120. The van der Waals surface area contributed by atoms with Gasteiger partial charge < -0.3 is 19.9 Å². The number of anilines is 2. The Morgan fingerprint density at radius 2 is 1.82 bits per heavy atom. The lowest BCUT2D eigenvalue weighted by Crippen LogP contribution is -2.46. The fourth-order valence-electron chi connectivity index (χ4n) is 3.63. The van der Waals surface area contributed by atoms with Gasteiger partial charge >= 0.3 is 0 Å². The van der Waals surface area contributed by atoms with E-state index in [4.69, 9.17) is 9.47 Å². The van der Waals surface area contributed by atoms with Crippen LogP contribution in [0, 0.1) is 0 Å². The van der Waals surface area contributed by atoms with Crippen molar-refractivity contribution in [3.8, 4) is 17.2 Å². The second-order valence-corrected chi connectivity index (χ2v) is 7.94. The topological polar surface area (TPSA) is 126 Å². The Morgan fingerprint density at radius 3 is 2.50 bits per heavy atom. The number of nitrogens with one attached hydrogen (secondary N) is 2. The van der Waals surface area contributed by atoms with Crippen molar-refractivity contribution in [2.24, 2.45) is 0 Å². The van der Waals surface area contributed by atoms with E-state index < -0.39 is 11.8 Å². The molecule has 2 aromatic heterocycles. The summed E-state index contributed by atoms with van der Waals surface area (Å²) in [6, 6.07) is 19.3. The number of ether oxygens (including phenoxy) is 2. The molecule has 194 valence electrons. The zero-order valence-electron chi connectivity index (χ0n) is 20.9. The zero-order chi connectivity index (χ0) is 26.9. The number of aliphatic hydroxyl groups excluding tert-OH is 1. The van der Waals surface area contributed by atoms with Gasteiger partial charge in [-0.3, -0.25) is 14.6 Å². The lowest BCUT2D eigenvalue weighted by Gasteiger charge is -2.24. The predicted molar refractivity (Wildman–Crippen MR) is 144 cm³/mol. The quantitative estimate of drug-likeness (QED) is 0.126. The van der Waals surface area contributed by atoms with E-state index in [9.17, 15) is 14.7 Å². The number of pyridine rings is 2. The third-order valence-corrected chi connectivity index (χ3v) is 5.48. The molecule has 0 aliphatic heterocycles. The van der Waals surface area contributed by atoms with Crippen LogP contribution in [0.2, 0.25) is 0 Å². The second-order valence-electron chi connectivity index (χ2n) is 7.94. The minimum atomic E-state index is -0.625. The first-order valence-corrected chi connectivity index (χ1v) is 11.8. The van der Waals surface area contributed by atoms with E-state index >= 15 is 0 Å². The summed E-state index contributed by atoms with van der Waals surface area (Å²) in [6.07, 6.45) is 4.54. The highest BCUT2D eigenvalue weighted by molar-refractivity contribution is 6.26. The molecule has 0 unspecified atom stereocenters. The van der Waals surface area contributed by atoms with Crippen molar-refractivity contribution in [3.05, 3.63) is 90.8 Å². The lowest BCUT2D eigenvalue weighted by atomic mass is 10.2. The van der Waals surface area contributed by atoms with Crippen molar-refractivity contribution in [2.45, 2.75) is 6.92 Å². The van der Waals surface area contributed by atoms with E-state index in [0.29, 0.717) is 22.9 Å². The van der Waals surface area contributed by atoms with Gasteiger partial charge in [0.15, 0.2) is 0 Å². The highest BCUT2D eigenvalue weighted by Crippen LogP contribution is 2.30. The summed E-state index contributed by atoms with van der Waals surface area (Å²) in [7, 11) is 1.59. The molecule has 0 radical (unpaired) electrons. The van der Waals surface area contributed by atoms with E-state index in [0.717, 1.165) is 10.9 Å². The average Bonchev–Trinajstić information content (AvgIpc) is 2.95. The molecule has 10 nitrogen and oxygen atoms in total. The number of aliphatic hydroxyl groups is 1. The summed E-state index contributed by atoms with van der Waals surface area (Å²) < 4.78 is 11.2. The molecule has 2 amide bonds. The van der Waals surface area contributed by atoms with E-state index in [1.165, 1.54) is 17.3 Å². The number of hydrazine groups is 1. The summed E-state index contributed by atoms with van der Waals surface area (Å²) in [5.41, 5.74) is 3.99. The van der Waals surface area contributed by atoms with Crippen molar-refractivity contribution >= 4 is 34.2 Å². The number of hydrogen-bond acceptors (Lipinski definition) is 8. The highest BCUT2D eigenvalue weighted by atomic mass is 16.5. The van der Waals surface area contributed by atoms with Gasteiger partial charge in [-0.05, 0) is 49.4 Å². The SMILES string of the molecule is C/C=C(\C(=O)Nc1ccc(Oc2ccnc3cc(OC)ccc23)cn1)C(=O)N(NCCO)c1ccccc1. The average molecular weight is 514 g/mol. The standard InChI is InChI=1S/C28H27N5O5/c1-3-22(28(36)33(31-15-16-34)19-7-5-4-6-8-19)27(35)32-26-12-10-21(18-30-26)38-25-13-14-29-24-17-20(37-2)9-11-23(24)25/h3-14,17-18,31,34H,15-16H2,1-2H3,(H,30,32,35)/b22-3+. The van der Waals surface area contributed by atoms with Crippen LogP contribution in [0.15, 0.2) is 90.8 Å². The molecule has 4 rings (SSSR count). The largest absolute Gasteiger partial charge is 0.497 e. The van der Waals surface area contributed by atoms with Crippen molar-refractivity contribution < 1.29 is 24.2 Å². The molecule has 0 atom stereocenters. The highest BCUT2D eigenvalue weighted by Gasteiger charge is 2.25. The van der Waals surface area contributed by atoms with Crippen LogP contribution in [0.1, 0.15) is 6.92 Å². The second kappa shape index (κ2) is 12.4. The van der Waals surface area contributed by atoms with Crippen LogP contribution in [-0.2, 0) is 9.59 Å². The van der Waals surface area contributed by atoms with Gasteiger partial charge in [0.05, 0.1) is 31.1 Å². The van der Waals surface area contributed by atoms with E-state index in [1.807, 2.05) is 24.3 Å². The van der Waals surface area contributed by atoms with Crippen LogP contribution in [0.4, 0.5) is 11.5 Å². The maximum atomic E-state index is 13.2. The Bertz CT molecular complexity index is 1440. The fourth-order valence-corrected chi connectivity index (χ4v) is 3.63. The predicted octanol–water partition coefficient (Wildman–Crippen LogP) is 3.85. The zero-order valence-corrected chi connectivity index (χ0v) is 20.9. The molecular weight excluding hydrogens is 486 g/mol. The normalized spacial score (nSPS) is 11.2. The Morgan fingerprint density at radius 1 is 1.03 bits per heavy atom. The third kappa shape index (κ3) is 6.12. The monoisotopic (exact) mass is 513 g/mol. The van der Waals surface area contributed by atoms with Crippen LogP contribution >= 0.6 is 0 Å². The molecule has 0 aliphatic carbocycles. The molecule has 2 aromatic carbocycles. The number of fused-ring (bicyclic) bond motifs is 1. The summed E-state index contributed by atoms with van der Waals surface area (Å²) in [5.74, 6) is 0.782. The molecule has 0 bridgehead atoms. The van der Waals surface area contributed by atoms with Gasteiger partial charge in [-0.15, -0.1) is 0 Å².